The van der Waals surface area contributed by atoms with Gasteiger partial charge in [-0.05, 0) is 50.5 Å². The lowest BCUT2D eigenvalue weighted by Gasteiger charge is -2.54. The molecule has 4 atom stereocenters. The van der Waals surface area contributed by atoms with Crippen LogP contribution < -0.4 is 5.73 Å². The predicted octanol–water partition coefficient (Wildman–Crippen LogP) is 3.79. The molecule has 0 aromatic rings. The Kier molecular flexibility index (Phi) is 5.30. The first kappa shape index (κ1) is 15.3. The molecule has 4 unspecified atom stereocenters. The van der Waals surface area contributed by atoms with Gasteiger partial charge in [0.15, 0.2) is 0 Å². The Hall–Kier alpha value is -0.0800. The van der Waals surface area contributed by atoms with Crippen molar-refractivity contribution in [3.63, 3.8) is 0 Å². The number of nitrogens with two attached hydrogens (primary N) is 1. The van der Waals surface area contributed by atoms with E-state index in [0.29, 0.717) is 5.54 Å². The Bertz CT molecular complexity index is 278. The fraction of sp³-hybridized carbons (Fsp3) is 1.00. The first-order valence-corrected chi connectivity index (χ1v) is 8.61. The van der Waals surface area contributed by atoms with Crippen molar-refractivity contribution >= 4 is 0 Å². The van der Waals surface area contributed by atoms with Gasteiger partial charge in [0.2, 0.25) is 0 Å². The minimum Gasteiger partial charge on any atom is -0.329 e. The summed E-state index contributed by atoms with van der Waals surface area (Å²) in [5, 5.41) is 0. The highest BCUT2D eigenvalue weighted by atomic mass is 15.2. The van der Waals surface area contributed by atoms with Crippen LogP contribution in [0.15, 0.2) is 0 Å². The molecule has 1 heterocycles. The van der Waals surface area contributed by atoms with Gasteiger partial charge in [-0.1, -0.05) is 40.0 Å². The molecule has 0 radical (unpaired) electrons. The van der Waals surface area contributed by atoms with Crippen LogP contribution in [0.25, 0.3) is 0 Å². The second-order valence-electron chi connectivity index (χ2n) is 7.20. The van der Waals surface area contributed by atoms with Crippen molar-refractivity contribution in [2.24, 2.45) is 17.6 Å². The van der Waals surface area contributed by atoms with E-state index < -0.39 is 0 Å². The van der Waals surface area contributed by atoms with E-state index in [0.717, 1.165) is 24.4 Å². The van der Waals surface area contributed by atoms with Gasteiger partial charge < -0.3 is 5.73 Å². The summed E-state index contributed by atoms with van der Waals surface area (Å²) >= 11 is 0. The summed E-state index contributed by atoms with van der Waals surface area (Å²) in [6.07, 6.45) is 11.0. The van der Waals surface area contributed by atoms with Crippen LogP contribution in [0.1, 0.15) is 72.1 Å². The van der Waals surface area contributed by atoms with Crippen molar-refractivity contribution in [1.82, 2.24) is 4.90 Å². The summed E-state index contributed by atoms with van der Waals surface area (Å²) in [5.41, 5.74) is 6.64. The zero-order valence-electron chi connectivity index (χ0n) is 13.3. The van der Waals surface area contributed by atoms with Gasteiger partial charge in [0, 0.05) is 18.1 Å². The van der Waals surface area contributed by atoms with Crippen molar-refractivity contribution < 1.29 is 0 Å². The Labute approximate surface area is 120 Å². The van der Waals surface area contributed by atoms with Crippen molar-refractivity contribution in [2.45, 2.75) is 83.7 Å². The van der Waals surface area contributed by atoms with Crippen LogP contribution in [0, 0.1) is 11.8 Å². The lowest BCUT2D eigenvalue weighted by Crippen LogP contribution is -2.63. The molecular formula is C17H34N2. The maximum atomic E-state index is 6.35. The van der Waals surface area contributed by atoms with E-state index in [-0.39, 0.29) is 0 Å². The smallest absolute Gasteiger partial charge is 0.0362 e. The fourth-order valence-corrected chi connectivity index (χ4v) is 4.70. The molecule has 2 N–H and O–H groups in total. The van der Waals surface area contributed by atoms with Crippen LogP contribution in [0.2, 0.25) is 0 Å². The third-order valence-corrected chi connectivity index (χ3v) is 5.99. The molecule has 19 heavy (non-hydrogen) atoms. The van der Waals surface area contributed by atoms with E-state index in [2.05, 4.69) is 25.7 Å². The SMILES string of the molecule is CCC1CCCCCN1C1(CN)CC(C)CCC1C. The zero-order chi connectivity index (χ0) is 13.9. The minimum absolute atomic E-state index is 0.294. The second-order valence-corrected chi connectivity index (χ2v) is 7.20. The highest BCUT2D eigenvalue weighted by molar-refractivity contribution is 5.02. The molecule has 0 bridgehead atoms. The van der Waals surface area contributed by atoms with Gasteiger partial charge in [-0.15, -0.1) is 0 Å². The van der Waals surface area contributed by atoms with Crippen LogP contribution >= 0.6 is 0 Å². The lowest BCUT2D eigenvalue weighted by molar-refractivity contribution is -0.0320. The highest BCUT2D eigenvalue weighted by Gasteiger charge is 2.46. The van der Waals surface area contributed by atoms with Gasteiger partial charge in [-0.2, -0.15) is 0 Å². The molecule has 2 nitrogen and oxygen atoms in total. The first-order chi connectivity index (χ1) is 9.14. The molecule has 1 saturated carbocycles. The normalized spacial score (nSPS) is 42.0. The molecule has 0 aromatic heterocycles. The summed E-state index contributed by atoms with van der Waals surface area (Å²) in [6, 6.07) is 0.777. The molecule has 1 aliphatic heterocycles. The number of nitrogens with zero attached hydrogens (tertiary/aromatic N) is 1. The quantitative estimate of drug-likeness (QED) is 0.842. The average molecular weight is 266 g/mol. The maximum Gasteiger partial charge on any atom is 0.0362 e. The maximum absolute atomic E-state index is 6.35. The van der Waals surface area contributed by atoms with Gasteiger partial charge in [0.1, 0.15) is 0 Å². The Morgan fingerprint density at radius 3 is 2.58 bits per heavy atom. The molecule has 0 spiro atoms. The van der Waals surface area contributed by atoms with Crippen molar-refractivity contribution in [2.75, 3.05) is 13.1 Å². The van der Waals surface area contributed by atoms with Crippen molar-refractivity contribution in [3.05, 3.63) is 0 Å². The number of hydrogen-bond acceptors (Lipinski definition) is 2. The first-order valence-electron chi connectivity index (χ1n) is 8.61. The molecule has 2 rings (SSSR count). The zero-order valence-corrected chi connectivity index (χ0v) is 13.3. The number of likely N-dealkylation sites (tertiary alicyclic amines) is 1. The second kappa shape index (κ2) is 6.58. The summed E-state index contributed by atoms with van der Waals surface area (Å²) in [6.45, 7) is 9.39. The van der Waals surface area contributed by atoms with E-state index in [9.17, 15) is 0 Å². The lowest BCUT2D eigenvalue weighted by atomic mass is 9.68. The van der Waals surface area contributed by atoms with Crippen LogP contribution in [0.4, 0.5) is 0 Å². The number of hydrogen-bond donors (Lipinski definition) is 1. The molecule has 2 heteroatoms. The minimum atomic E-state index is 0.294. The van der Waals surface area contributed by atoms with Crippen LogP contribution in [0.5, 0.6) is 0 Å². The average Bonchev–Trinajstić information content (AvgIpc) is 2.67. The van der Waals surface area contributed by atoms with E-state index in [1.807, 2.05) is 0 Å². The van der Waals surface area contributed by atoms with Crippen molar-refractivity contribution in [3.8, 4) is 0 Å². The van der Waals surface area contributed by atoms with Gasteiger partial charge in [-0.3, -0.25) is 4.90 Å². The number of rotatable bonds is 3. The van der Waals surface area contributed by atoms with Gasteiger partial charge in [0.05, 0.1) is 0 Å². The van der Waals surface area contributed by atoms with E-state index in [1.54, 1.807) is 0 Å². The van der Waals surface area contributed by atoms with Gasteiger partial charge in [-0.25, -0.2) is 0 Å². The third-order valence-electron chi connectivity index (χ3n) is 5.99. The Morgan fingerprint density at radius 2 is 1.89 bits per heavy atom. The molecule has 0 amide bonds. The molecule has 1 saturated heterocycles. The molecule has 0 aromatic carbocycles. The summed E-state index contributed by atoms with van der Waals surface area (Å²) in [7, 11) is 0. The third kappa shape index (κ3) is 3.00. The Morgan fingerprint density at radius 1 is 1.11 bits per heavy atom. The van der Waals surface area contributed by atoms with Crippen molar-refractivity contribution in [1.29, 1.82) is 0 Å². The summed E-state index contributed by atoms with van der Waals surface area (Å²) in [5.74, 6) is 1.61. The van der Waals surface area contributed by atoms with Gasteiger partial charge >= 0.3 is 0 Å². The molecule has 2 aliphatic rings. The highest BCUT2D eigenvalue weighted by Crippen LogP contribution is 2.43. The molecular weight excluding hydrogens is 232 g/mol. The summed E-state index contributed by atoms with van der Waals surface area (Å²) < 4.78 is 0. The van der Waals surface area contributed by atoms with E-state index in [1.165, 1.54) is 57.9 Å². The summed E-state index contributed by atoms with van der Waals surface area (Å²) in [4.78, 5) is 2.86. The topological polar surface area (TPSA) is 29.3 Å². The standard InChI is InChI=1S/C17H34N2/c1-4-16-8-6-5-7-11-19(16)17(13-18)12-14(2)9-10-15(17)3/h14-16H,4-13,18H2,1-3H3. The predicted molar refractivity (Wildman–Crippen MR) is 83.2 cm³/mol. The van der Waals surface area contributed by atoms with Crippen LogP contribution in [-0.2, 0) is 0 Å². The van der Waals surface area contributed by atoms with Gasteiger partial charge in [0.25, 0.3) is 0 Å². The largest absolute Gasteiger partial charge is 0.329 e. The molecule has 2 fully saturated rings. The molecule has 1 aliphatic carbocycles. The fourth-order valence-electron chi connectivity index (χ4n) is 4.70. The Balaban J connectivity index is 2.25. The monoisotopic (exact) mass is 266 g/mol. The molecule has 112 valence electrons. The van der Waals surface area contributed by atoms with E-state index >= 15 is 0 Å². The van der Waals surface area contributed by atoms with Crippen LogP contribution in [-0.4, -0.2) is 29.6 Å². The van der Waals surface area contributed by atoms with Crippen LogP contribution in [0.3, 0.4) is 0 Å². The van der Waals surface area contributed by atoms with E-state index in [4.69, 9.17) is 5.73 Å².